The van der Waals surface area contributed by atoms with Crippen molar-refractivity contribution in [3.8, 4) is 0 Å². The number of nitrogens with zero attached hydrogens (tertiary/aromatic N) is 1. The van der Waals surface area contributed by atoms with E-state index in [-0.39, 0.29) is 12.2 Å². The first-order valence-corrected chi connectivity index (χ1v) is 9.89. The average Bonchev–Trinajstić information content (AvgIpc) is 2.94. The molecular weight excluding hydrogens is 355 g/mol. The Bertz CT molecular complexity index is 689. The van der Waals surface area contributed by atoms with E-state index in [4.69, 9.17) is 14.2 Å². The van der Waals surface area contributed by atoms with Crippen molar-refractivity contribution in [3.63, 3.8) is 0 Å². The third-order valence-electron chi connectivity index (χ3n) is 4.74. The maximum absolute atomic E-state index is 13.7. The fraction of sp³-hybridized carbons (Fsp3) is 0.789. The van der Waals surface area contributed by atoms with Gasteiger partial charge in [0, 0.05) is 13.2 Å². The highest BCUT2D eigenvalue weighted by Gasteiger charge is 2.45. The van der Waals surface area contributed by atoms with Crippen LogP contribution in [0, 0.1) is 5.82 Å². The van der Waals surface area contributed by atoms with Crippen LogP contribution in [0.3, 0.4) is 0 Å². The van der Waals surface area contributed by atoms with Crippen LogP contribution in [0.1, 0.15) is 65.5 Å². The molecule has 1 N–H and O–H groups in total. The molecule has 154 valence electrons. The van der Waals surface area contributed by atoms with Gasteiger partial charge < -0.3 is 14.2 Å². The van der Waals surface area contributed by atoms with Gasteiger partial charge >= 0.3 is 5.69 Å². The summed E-state index contributed by atoms with van der Waals surface area (Å²) in [5, 5.41) is 0. The van der Waals surface area contributed by atoms with E-state index < -0.39 is 29.4 Å². The van der Waals surface area contributed by atoms with Gasteiger partial charge in [0.05, 0.1) is 12.3 Å². The Morgan fingerprint density at radius 2 is 1.67 bits per heavy atom. The summed E-state index contributed by atoms with van der Waals surface area (Å²) in [7, 11) is 0. The molecule has 1 aromatic rings. The third-order valence-corrected chi connectivity index (χ3v) is 4.74. The Kier molecular flexibility index (Phi) is 8.66. The lowest BCUT2D eigenvalue weighted by Crippen LogP contribution is -2.41. The van der Waals surface area contributed by atoms with Crippen molar-refractivity contribution < 1.29 is 18.6 Å². The highest BCUT2D eigenvalue weighted by atomic mass is 19.1. The largest absolute Gasteiger partial charge is 0.373 e. The first-order valence-electron chi connectivity index (χ1n) is 9.89. The zero-order valence-corrected chi connectivity index (χ0v) is 16.4. The molecule has 0 amide bonds. The maximum Gasteiger partial charge on any atom is 0.330 e. The van der Waals surface area contributed by atoms with Crippen molar-refractivity contribution in [1.29, 1.82) is 0 Å². The van der Waals surface area contributed by atoms with Crippen molar-refractivity contribution in [1.82, 2.24) is 9.55 Å². The monoisotopic (exact) mass is 386 g/mol. The topological polar surface area (TPSA) is 82.6 Å². The molecule has 1 aromatic heterocycles. The van der Waals surface area contributed by atoms with E-state index >= 15 is 0 Å². The smallest absolute Gasteiger partial charge is 0.330 e. The van der Waals surface area contributed by atoms with Gasteiger partial charge in [-0.1, -0.05) is 39.5 Å². The Hall–Kier alpha value is -1.51. The molecule has 4 atom stereocenters. The predicted octanol–water partition coefficient (Wildman–Crippen LogP) is 2.74. The summed E-state index contributed by atoms with van der Waals surface area (Å²) in [5.74, 6) is -1.04. The van der Waals surface area contributed by atoms with Crippen LogP contribution >= 0.6 is 0 Å². The molecule has 1 fully saturated rings. The van der Waals surface area contributed by atoms with Gasteiger partial charge in [0.15, 0.2) is 6.23 Å². The first kappa shape index (κ1) is 21.8. The molecule has 8 heteroatoms. The van der Waals surface area contributed by atoms with Crippen molar-refractivity contribution in [2.24, 2.45) is 0 Å². The molecule has 0 bridgehead atoms. The van der Waals surface area contributed by atoms with E-state index in [1.807, 2.05) is 11.9 Å². The number of aromatic nitrogens is 2. The van der Waals surface area contributed by atoms with Gasteiger partial charge in [-0.3, -0.25) is 14.3 Å². The van der Waals surface area contributed by atoms with Crippen LogP contribution in [0.4, 0.5) is 4.39 Å². The summed E-state index contributed by atoms with van der Waals surface area (Å²) in [4.78, 5) is 25.5. The first-order chi connectivity index (χ1) is 13.0. The van der Waals surface area contributed by atoms with Crippen LogP contribution in [-0.4, -0.2) is 41.1 Å². The van der Waals surface area contributed by atoms with Crippen molar-refractivity contribution in [2.45, 2.75) is 83.8 Å². The molecule has 0 radical (unpaired) electrons. The lowest BCUT2D eigenvalue weighted by Gasteiger charge is -2.25. The molecule has 0 saturated carbocycles. The summed E-state index contributed by atoms with van der Waals surface area (Å²) in [5.41, 5.74) is -1.78. The molecule has 1 saturated heterocycles. The van der Waals surface area contributed by atoms with Crippen LogP contribution in [0.2, 0.25) is 0 Å². The SMILES string of the molecule is CCCCCO[C@@H]1[C@H](OCCCCC)[C@@H](C)O[C@H]1n1cc(F)c(=O)[nH]c1=O. The van der Waals surface area contributed by atoms with Gasteiger partial charge in [-0.25, -0.2) is 4.79 Å². The fourth-order valence-electron chi connectivity index (χ4n) is 3.23. The molecular formula is C19H31FN2O5. The highest BCUT2D eigenvalue weighted by molar-refractivity contribution is 4.95. The minimum absolute atomic E-state index is 0.324. The van der Waals surface area contributed by atoms with Crippen LogP contribution in [0.25, 0.3) is 0 Å². The fourth-order valence-corrected chi connectivity index (χ4v) is 3.23. The molecule has 0 aromatic carbocycles. The Morgan fingerprint density at radius 1 is 1.07 bits per heavy atom. The molecule has 27 heavy (non-hydrogen) atoms. The van der Waals surface area contributed by atoms with E-state index in [0.717, 1.165) is 49.3 Å². The number of rotatable bonds is 11. The zero-order valence-electron chi connectivity index (χ0n) is 16.4. The predicted molar refractivity (Wildman–Crippen MR) is 99.4 cm³/mol. The lowest BCUT2D eigenvalue weighted by atomic mass is 10.1. The number of halogens is 1. The number of ether oxygens (including phenoxy) is 3. The van der Waals surface area contributed by atoms with Crippen molar-refractivity contribution in [2.75, 3.05) is 13.2 Å². The van der Waals surface area contributed by atoms with Gasteiger partial charge in [-0.2, -0.15) is 4.39 Å². The van der Waals surface area contributed by atoms with E-state index in [2.05, 4.69) is 13.8 Å². The van der Waals surface area contributed by atoms with E-state index in [9.17, 15) is 14.0 Å². The summed E-state index contributed by atoms with van der Waals surface area (Å²) in [6.45, 7) is 7.14. The summed E-state index contributed by atoms with van der Waals surface area (Å²) in [6.07, 6.45) is 4.84. The standard InChI is InChI=1S/C19H31FN2O5/c1-4-6-8-10-25-15-13(3)27-18(16(15)26-11-9-7-5-2)22-12-14(20)17(23)21-19(22)24/h12-13,15-16,18H,4-11H2,1-3H3,(H,21,23,24)/t13-,15-,16-,18-/m1/s1. The molecule has 0 aliphatic carbocycles. The van der Waals surface area contributed by atoms with Crippen molar-refractivity contribution >= 4 is 0 Å². The van der Waals surface area contributed by atoms with Crippen LogP contribution < -0.4 is 11.2 Å². The second-order valence-electron chi connectivity index (χ2n) is 6.96. The minimum atomic E-state index is -1.05. The normalized spacial score (nSPS) is 25.2. The Morgan fingerprint density at radius 3 is 2.26 bits per heavy atom. The number of hydrogen-bond acceptors (Lipinski definition) is 5. The van der Waals surface area contributed by atoms with Gasteiger partial charge in [-0.15, -0.1) is 0 Å². The lowest BCUT2D eigenvalue weighted by molar-refractivity contribution is -0.0823. The Labute approximate surface area is 158 Å². The second-order valence-corrected chi connectivity index (χ2v) is 6.96. The molecule has 2 rings (SSSR count). The van der Waals surface area contributed by atoms with E-state index in [0.29, 0.717) is 13.2 Å². The molecule has 1 aliphatic rings. The molecule has 0 unspecified atom stereocenters. The second kappa shape index (κ2) is 10.7. The number of H-pyrrole nitrogens is 1. The molecule has 0 spiro atoms. The van der Waals surface area contributed by atoms with Crippen molar-refractivity contribution in [3.05, 3.63) is 32.9 Å². The van der Waals surface area contributed by atoms with Gasteiger partial charge in [0.2, 0.25) is 5.82 Å². The number of aromatic amines is 1. The third kappa shape index (κ3) is 5.73. The summed E-state index contributed by atoms with van der Waals surface area (Å²) >= 11 is 0. The highest BCUT2D eigenvalue weighted by Crippen LogP contribution is 2.33. The van der Waals surface area contributed by atoms with Crippen LogP contribution in [0.15, 0.2) is 15.8 Å². The number of hydrogen-bond donors (Lipinski definition) is 1. The van der Waals surface area contributed by atoms with E-state index in [1.54, 1.807) is 0 Å². The Balaban J connectivity index is 2.19. The molecule has 7 nitrogen and oxygen atoms in total. The average molecular weight is 386 g/mol. The molecule has 2 heterocycles. The van der Waals surface area contributed by atoms with Crippen LogP contribution in [0.5, 0.6) is 0 Å². The zero-order chi connectivity index (χ0) is 19.8. The molecule has 1 aliphatic heterocycles. The summed E-state index contributed by atoms with van der Waals surface area (Å²) < 4.78 is 32.7. The quantitative estimate of drug-likeness (QED) is 0.591. The minimum Gasteiger partial charge on any atom is -0.373 e. The summed E-state index contributed by atoms with van der Waals surface area (Å²) in [6, 6.07) is 0. The van der Waals surface area contributed by atoms with Gasteiger partial charge in [0.1, 0.15) is 12.2 Å². The number of unbranched alkanes of at least 4 members (excludes halogenated alkanes) is 4. The maximum atomic E-state index is 13.7. The van der Waals surface area contributed by atoms with E-state index in [1.165, 1.54) is 0 Å². The van der Waals surface area contributed by atoms with Gasteiger partial charge in [-0.05, 0) is 19.8 Å². The number of nitrogens with one attached hydrogen (secondary N) is 1. The van der Waals surface area contributed by atoms with Crippen LogP contribution in [-0.2, 0) is 14.2 Å². The van der Waals surface area contributed by atoms with Gasteiger partial charge in [0.25, 0.3) is 5.56 Å².